The molecule has 38 heavy (non-hydrogen) atoms. The van der Waals surface area contributed by atoms with E-state index < -0.39 is 15.8 Å². The summed E-state index contributed by atoms with van der Waals surface area (Å²) in [6, 6.07) is 44.2. The predicted octanol–water partition coefficient (Wildman–Crippen LogP) is 9.72. The maximum Gasteiger partial charge on any atom is 0.0703 e. The lowest BCUT2D eigenvalue weighted by Gasteiger charge is -2.20. The van der Waals surface area contributed by atoms with E-state index in [0.29, 0.717) is 0 Å². The molecule has 2 heterocycles. The van der Waals surface area contributed by atoms with E-state index in [9.17, 15) is 0 Å². The maximum atomic E-state index is 2.31. The second-order valence-electron chi connectivity index (χ2n) is 8.72. The minimum atomic E-state index is -0.580. The molecule has 0 bridgehead atoms. The SMILES string of the molecule is CC1=C(P(c2ccccc2)c2ccccc2)S/C(=C2/SC(C)=C(P(c3ccccc3)c3ccccc3)S2)S1. The van der Waals surface area contributed by atoms with E-state index in [4.69, 9.17) is 0 Å². The Morgan fingerprint density at radius 1 is 0.368 bits per heavy atom. The van der Waals surface area contributed by atoms with Gasteiger partial charge in [-0.25, -0.2) is 0 Å². The highest BCUT2D eigenvalue weighted by molar-refractivity contribution is 8.37. The molecular formula is C32H26P2S4. The van der Waals surface area contributed by atoms with Gasteiger partial charge in [0, 0.05) is 19.1 Å². The number of allylic oxidation sites excluding steroid dienone is 2. The monoisotopic (exact) mass is 600 g/mol. The first-order valence-electron chi connectivity index (χ1n) is 12.4. The topological polar surface area (TPSA) is 0 Å². The summed E-state index contributed by atoms with van der Waals surface area (Å²) in [6.07, 6.45) is 0. The third kappa shape index (κ3) is 5.64. The Morgan fingerprint density at radius 3 is 0.895 bits per heavy atom. The molecule has 0 fully saturated rings. The van der Waals surface area contributed by atoms with Gasteiger partial charge in [0.1, 0.15) is 0 Å². The van der Waals surface area contributed by atoms with Gasteiger partial charge in [-0.15, -0.1) is 0 Å². The average molecular weight is 601 g/mol. The number of thioether (sulfide) groups is 4. The van der Waals surface area contributed by atoms with Gasteiger partial charge in [-0.3, -0.25) is 0 Å². The minimum Gasteiger partial charge on any atom is -0.0845 e. The fourth-order valence-electron chi connectivity index (χ4n) is 4.37. The molecule has 0 spiro atoms. The molecular weight excluding hydrogens is 575 g/mol. The summed E-state index contributed by atoms with van der Waals surface area (Å²) in [6.45, 7) is 4.63. The van der Waals surface area contributed by atoms with Gasteiger partial charge >= 0.3 is 0 Å². The van der Waals surface area contributed by atoms with Crippen LogP contribution in [0.15, 0.2) is 149 Å². The summed E-state index contributed by atoms with van der Waals surface area (Å²) in [5.74, 6) is 0. The second kappa shape index (κ2) is 12.3. The molecule has 6 rings (SSSR count). The van der Waals surface area contributed by atoms with Crippen LogP contribution in [0.25, 0.3) is 0 Å². The first kappa shape index (κ1) is 26.6. The molecule has 0 radical (unpaired) electrons. The van der Waals surface area contributed by atoms with Crippen molar-refractivity contribution in [3.8, 4) is 0 Å². The minimum absolute atomic E-state index is 0.580. The van der Waals surface area contributed by atoms with Gasteiger partial charge in [0.05, 0.1) is 8.47 Å². The second-order valence-corrected chi connectivity index (χ2v) is 18.6. The fourth-order valence-corrected chi connectivity index (χ4v) is 16.9. The van der Waals surface area contributed by atoms with E-state index in [-0.39, 0.29) is 0 Å². The molecule has 6 heteroatoms. The van der Waals surface area contributed by atoms with Crippen LogP contribution in [-0.2, 0) is 0 Å². The van der Waals surface area contributed by atoms with Crippen LogP contribution in [0.2, 0.25) is 0 Å². The summed E-state index contributed by atoms with van der Waals surface area (Å²) in [7, 11) is -1.16. The molecule has 0 atom stereocenters. The van der Waals surface area contributed by atoms with Gasteiger partial charge in [0.25, 0.3) is 0 Å². The zero-order chi connectivity index (χ0) is 25.9. The molecule has 0 saturated heterocycles. The standard InChI is InChI=1S/C32H26P2S4/c1-23-29(33(25-15-7-3-8-16-25)26-17-9-4-10-18-26)37-31(35-23)32-36-24(2)30(38-32)34(27-19-11-5-12-20-27)28-21-13-6-14-22-28/h3-22H,1-2H3/b32-31-. The van der Waals surface area contributed by atoms with Gasteiger partial charge in [-0.2, -0.15) is 0 Å². The highest BCUT2D eigenvalue weighted by Crippen LogP contribution is 2.69. The number of hydrogen-bond donors (Lipinski definition) is 0. The van der Waals surface area contributed by atoms with Crippen LogP contribution < -0.4 is 21.2 Å². The van der Waals surface area contributed by atoms with E-state index >= 15 is 0 Å². The van der Waals surface area contributed by atoms with Crippen molar-refractivity contribution in [1.82, 2.24) is 0 Å². The van der Waals surface area contributed by atoms with Crippen LogP contribution in [0.5, 0.6) is 0 Å². The Balaban J connectivity index is 1.33. The Kier molecular flexibility index (Phi) is 8.57. The van der Waals surface area contributed by atoms with Crippen LogP contribution in [0.3, 0.4) is 0 Å². The lowest BCUT2D eigenvalue weighted by Crippen LogP contribution is -2.11. The highest BCUT2D eigenvalue weighted by Gasteiger charge is 2.34. The molecule has 4 aromatic rings. The number of hydrogen-bond acceptors (Lipinski definition) is 4. The Morgan fingerprint density at radius 2 is 0.632 bits per heavy atom. The third-order valence-corrected chi connectivity index (χ3v) is 18.1. The number of rotatable bonds is 6. The lowest BCUT2D eigenvalue weighted by atomic mass is 10.4. The molecule has 4 aromatic carbocycles. The molecule has 0 aromatic heterocycles. The van der Waals surface area contributed by atoms with E-state index in [2.05, 4.69) is 135 Å². The van der Waals surface area contributed by atoms with Gasteiger partial charge < -0.3 is 0 Å². The molecule has 0 amide bonds. The van der Waals surface area contributed by atoms with Crippen molar-refractivity contribution < 1.29 is 0 Å². The van der Waals surface area contributed by atoms with E-state index in [1.807, 2.05) is 47.0 Å². The first-order chi connectivity index (χ1) is 18.7. The predicted molar refractivity (Wildman–Crippen MR) is 181 cm³/mol. The smallest absolute Gasteiger partial charge is 0.0703 e. The molecule has 2 aliphatic heterocycles. The van der Waals surface area contributed by atoms with Crippen molar-refractivity contribution in [3.63, 3.8) is 0 Å². The Bertz CT molecular complexity index is 1320. The third-order valence-electron chi connectivity index (χ3n) is 6.10. The molecule has 0 N–H and O–H groups in total. The zero-order valence-corrected chi connectivity index (χ0v) is 26.1. The molecule has 2 aliphatic rings. The van der Waals surface area contributed by atoms with Crippen LogP contribution in [-0.4, -0.2) is 0 Å². The molecule has 0 saturated carbocycles. The van der Waals surface area contributed by atoms with Crippen molar-refractivity contribution in [2.45, 2.75) is 13.8 Å². The van der Waals surface area contributed by atoms with Gasteiger partial charge in [0.2, 0.25) is 0 Å². The first-order valence-corrected chi connectivity index (χ1v) is 18.3. The van der Waals surface area contributed by atoms with Gasteiger partial charge in [0.15, 0.2) is 0 Å². The highest BCUT2D eigenvalue weighted by atomic mass is 32.2. The van der Waals surface area contributed by atoms with Crippen molar-refractivity contribution in [3.05, 3.63) is 149 Å². The van der Waals surface area contributed by atoms with Crippen molar-refractivity contribution in [1.29, 1.82) is 0 Å². The largest absolute Gasteiger partial charge is 0.0845 e. The maximum absolute atomic E-state index is 2.31. The Labute approximate surface area is 245 Å². The molecule has 188 valence electrons. The molecule has 0 aliphatic carbocycles. The fraction of sp³-hybridized carbons (Fsp3) is 0.0625. The van der Waals surface area contributed by atoms with E-state index in [1.54, 1.807) is 0 Å². The Hall–Kier alpha value is -1.64. The number of benzene rings is 4. The van der Waals surface area contributed by atoms with Crippen LogP contribution in [0, 0.1) is 0 Å². The average Bonchev–Trinajstić information content (AvgIpc) is 3.54. The van der Waals surface area contributed by atoms with Crippen molar-refractivity contribution >= 4 is 84.1 Å². The summed E-state index contributed by atoms with van der Waals surface area (Å²) in [5.41, 5.74) is 0. The summed E-state index contributed by atoms with van der Waals surface area (Å²) in [5, 5.41) is 5.67. The zero-order valence-electron chi connectivity index (χ0n) is 21.1. The van der Waals surface area contributed by atoms with Crippen LogP contribution >= 0.6 is 62.9 Å². The van der Waals surface area contributed by atoms with Gasteiger partial charge in [-0.1, -0.05) is 168 Å². The summed E-state index contributed by atoms with van der Waals surface area (Å²) >= 11 is 7.97. The normalized spacial score (nSPS) is 17.8. The van der Waals surface area contributed by atoms with Crippen molar-refractivity contribution in [2.75, 3.05) is 0 Å². The van der Waals surface area contributed by atoms with Crippen LogP contribution in [0.4, 0.5) is 0 Å². The quantitative estimate of drug-likeness (QED) is 0.202. The van der Waals surface area contributed by atoms with Crippen molar-refractivity contribution in [2.24, 2.45) is 0 Å². The van der Waals surface area contributed by atoms with E-state index in [1.165, 1.54) is 48.8 Å². The lowest BCUT2D eigenvalue weighted by molar-refractivity contribution is 1.70. The molecule has 0 nitrogen and oxygen atoms in total. The van der Waals surface area contributed by atoms with Crippen LogP contribution in [0.1, 0.15) is 13.8 Å². The van der Waals surface area contributed by atoms with E-state index in [0.717, 1.165) is 0 Å². The molecule has 0 unspecified atom stereocenters. The summed E-state index contributed by atoms with van der Waals surface area (Å²) in [4.78, 5) is 2.88. The summed E-state index contributed by atoms with van der Waals surface area (Å²) < 4.78 is 5.92. The van der Waals surface area contributed by atoms with Gasteiger partial charge in [-0.05, 0) is 50.9 Å².